The average Bonchev–Trinajstić information content (AvgIpc) is 2.12. The zero-order valence-corrected chi connectivity index (χ0v) is 8.67. The van der Waals surface area contributed by atoms with Crippen molar-refractivity contribution in [1.82, 2.24) is 10.6 Å². The largest absolute Gasteiger partial charge is 0.480 e. The molecule has 0 bridgehead atoms. The zero-order chi connectivity index (χ0) is 11.0. The molecule has 0 radical (unpaired) electrons. The molecule has 1 atom stereocenters. The molecule has 0 saturated heterocycles. The number of rotatable bonds is 6. The molecular formula is C9H18N2O3. The summed E-state index contributed by atoms with van der Waals surface area (Å²) in [7, 11) is 0. The van der Waals surface area contributed by atoms with Gasteiger partial charge in [-0.05, 0) is 13.3 Å². The molecule has 5 nitrogen and oxygen atoms in total. The van der Waals surface area contributed by atoms with Crippen LogP contribution >= 0.6 is 0 Å². The molecule has 0 aliphatic heterocycles. The van der Waals surface area contributed by atoms with Crippen LogP contribution in [0.15, 0.2) is 0 Å². The van der Waals surface area contributed by atoms with Crippen LogP contribution in [-0.4, -0.2) is 29.7 Å². The molecule has 0 rings (SSSR count). The molecule has 3 N–H and O–H groups in total. The second-order valence-electron chi connectivity index (χ2n) is 3.17. The number of aliphatic carboxylic acids is 1. The van der Waals surface area contributed by atoms with Crippen molar-refractivity contribution in [2.45, 2.75) is 39.2 Å². The summed E-state index contributed by atoms with van der Waals surface area (Å²) in [5.41, 5.74) is 0. The Balaban J connectivity index is 3.50. The molecule has 2 amide bonds. The Morgan fingerprint density at radius 3 is 2.50 bits per heavy atom. The lowest BCUT2D eigenvalue weighted by Gasteiger charge is -2.10. The highest BCUT2D eigenvalue weighted by atomic mass is 16.4. The Kier molecular flexibility index (Phi) is 6.53. The molecule has 82 valence electrons. The monoisotopic (exact) mass is 202 g/mol. The van der Waals surface area contributed by atoms with E-state index in [1.54, 1.807) is 0 Å². The standard InChI is InChI=1S/C9H18N2O3/c1-3-4-5-6-10-9(14)11-7(2)8(12)13/h7H,3-6H2,1-2H3,(H,12,13)(H2,10,11,14)/t7-/m0/s1. The normalized spacial score (nSPS) is 11.9. The molecule has 14 heavy (non-hydrogen) atoms. The van der Waals surface area contributed by atoms with E-state index in [2.05, 4.69) is 17.6 Å². The van der Waals surface area contributed by atoms with Gasteiger partial charge in [-0.25, -0.2) is 4.79 Å². The number of amides is 2. The van der Waals surface area contributed by atoms with Crippen LogP contribution in [-0.2, 0) is 4.79 Å². The van der Waals surface area contributed by atoms with Crippen LogP contribution in [0, 0.1) is 0 Å². The van der Waals surface area contributed by atoms with Crippen molar-refractivity contribution < 1.29 is 14.7 Å². The second kappa shape index (κ2) is 7.17. The Labute approximate surface area is 83.9 Å². The van der Waals surface area contributed by atoms with Crippen molar-refractivity contribution >= 4 is 12.0 Å². The van der Waals surface area contributed by atoms with Gasteiger partial charge in [-0.15, -0.1) is 0 Å². The van der Waals surface area contributed by atoms with Crippen LogP contribution in [0.1, 0.15) is 33.1 Å². The molecule has 0 unspecified atom stereocenters. The quantitative estimate of drug-likeness (QED) is 0.561. The van der Waals surface area contributed by atoms with E-state index in [1.165, 1.54) is 6.92 Å². The van der Waals surface area contributed by atoms with E-state index in [4.69, 9.17) is 5.11 Å². The van der Waals surface area contributed by atoms with Crippen molar-refractivity contribution in [1.29, 1.82) is 0 Å². The zero-order valence-electron chi connectivity index (χ0n) is 8.67. The minimum absolute atomic E-state index is 0.420. The summed E-state index contributed by atoms with van der Waals surface area (Å²) in [6, 6.07) is -1.27. The molecule has 0 aliphatic rings. The summed E-state index contributed by atoms with van der Waals surface area (Å²) < 4.78 is 0. The van der Waals surface area contributed by atoms with Gasteiger partial charge < -0.3 is 15.7 Å². The first-order chi connectivity index (χ1) is 6.57. The Morgan fingerprint density at radius 2 is 2.00 bits per heavy atom. The lowest BCUT2D eigenvalue weighted by atomic mass is 10.2. The minimum atomic E-state index is -1.03. The third-order valence-electron chi connectivity index (χ3n) is 1.78. The predicted molar refractivity (Wildman–Crippen MR) is 53.2 cm³/mol. The van der Waals surface area contributed by atoms with E-state index in [1.807, 2.05) is 0 Å². The van der Waals surface area contributed by atoms with E-state index in [9.17, 15) is 9.59 Å². The van der Waals surface area contributed by atoms with Gasteiger partial charge in [0.05, 0.1) is 0 Å². The van der Waals surface area contributed by atoms with Crippen LogP contribution in [0.25, 0.3) is 0 Å². The molecule has 0 aromatic carbocycles. The summed E-state index contributed by atoms with van der Waals surface area (Å²) in [6.45, 7) is 4.09. The Bertz CT molecular complexity index is 194. The van der Waals surface area contributed by atoms with Gasteiger partial charge in [0.1, 0.15) is 6.04 Å². The maximum absolute atomic E-state index is 11.0. The minimum Gasteiger partial charge on any atom is -0.480 e. The number of carbonyl (C=O) groups is 2. The highest BCUT2D eigenvalue weighted by Crippen LogP contribution is 1.90. The third kappa shape index (κ3) is 6.28. The highest BCUT2D eigenvalue weighted by Gasteiger charge is 2.12. The number of urea groups is 1. The third-order valence-corrected chi connectivity index (χ3v) is 1.78. The van der Waals surface area contributed by atoms with E-state index in [0.717, 1.165) is 19.3 Å². The number of carboxylic acids is 1. The van der Waals surface area contributed by atoms with Crippen molar-refractivity contribution in [2.75, 3.05) is 6.54 Å². The van der Waals surface area contributed by atoms with Gasteiger partial charge in [-0.2, -0.15) is 0 Å². The fraction of sp³-hybridized carbons (Fsp3) is 0.778. The number of hydrogen-bond donors (Lipinski definition) is 3. The Morgan fingerprint density at radius 1 is 1.36 bits per heavy atom. The van der Waals surface area contributed by atoms with Crippen molar-refractivity contribution in [3.63, 3.8) is 0 Å². The van der Waals surface area contributed by atoms with Crippen LogP contribution in [0.2, 0.25) is 0 Å². The number of hydrogen-bond acceptors (Lipinski definition) is 2. The average molecular weight is 202 g/mol. The van der Waals surface area contributed by atoms with Gasteiger partial charge in [-0.1, -0.05) is 19.8 Å². The first-order valence-electron chi connectivity index (χ1n) is 4.85. The molecule has 0 aromatic rings. The molecule has 0 spiro atoms. The second-order valence-corrected chi connectivity index (χ2v) is 3.17. The maximum Gasteiger partial charge on any atom is 0.325 e. The topological polar surface area (TPSA) is 78.4 Å². The number of nitrogens with one attached hydrogen (secondary N) is 2. The van der Waals surface area contributed by atoms with Crippen LogP contribution < -0.4 is 10.6 Å². The first kappa shape index (κ1) is 12.7. The first-order valence-corrected chi connectivity index (χ1v) is 4.85. The van der Waals surface area contributed by atoms with E-state index in [0.29, 0.717) is 6.54 Å². The van der Waals surface area contributed by atoms with Gasteiger partial charge in [0.15, 0.2) is 0 Å². The number of carbonyl (C=O) groups excluding carboxylic acids is 1. The molecule has 0 aromatic heterocycles. The lowest BCUT2D eigenvalue weighted by molar-refractivity contribution is -0.138. The van der Waals surface area contributed by atoms with Gasteiger partial charge in [0.2, 0.25) is 0 Å². The van der Waals surface area contributed by atoms with E-state index < -0.39 is 18.0 Å². The van der Waals surface area contributed by atoms with E-state index >= 15 is 0 Å². The van der Waals surface area contributed by atoms with Gasteiger partial charge >= 0.3 is 12.0 Å². The SMILES string of the molecule is CCCCCNC(=O)N[C@@H](C)C(=O)O. The fourth-order valence-corrected chi connectivity index (χ4v) is 0.886. The van der Waals surface area contributed by atoms with E-state index in [-0.39, 0.29) is 0 Å². The van der Waals surface area contributed by atoms with Crippen molar-refractivity contribution in [3.05, 3.63) is 0 Å². The van der Waals surface area contributed by atoms with Gasteiger partial charge in [0, 0.05) is 6.54 Å². The Hall–Kier alpha value is -1.26. The van der Waals surface area contributed by atoms with Crippen LogP contribution in [0.5, 0.6) is 0 Å². The maximum atomic E-state index is 11.0. The van der Waals surface area contributed by atoms with Gasteiger partial charge in [-0.3, -0.25) is 4.79 Å². The van der Waals surface area contributed by atoms with Crippen LogP contribution in [0.3, 0.4) is 0 Å². The molecule has 0 fully saturated rings. The summed E-state index contributed by atoms with van der Waals surface area (Å²) in [4.78, 5) is 21.4. The predicted octanol–water partition coefficient (Wildman–Crippen LogP) is 0.949. The molecule has 5 heteroatoms. The summed E-state index contributed by atoms with van der Waals surface area (Å²) >= 11 is 0. The molecule has 0 aliphatic carbocycles. The molecular weight excluding hydrogens is 184 g/mol. The summed E-state index contributed by atoms with van der Waals surface area (Å²) in [5.74, 6) is -1.03. The number of unbranched alkanes of at least 4 members (excludes halogenated alkanes) is 2. The summed E-state index contributed by atoms with van der Waals surface area (Å²) in [6.07, 6.45) is 3.08. The number of carboxylic acid groups (broad SMARTS) is 1. The van der Waals surface area contributed by atoms with Gasteiger partial charge in [0.25, 0.3) is 0 Å². The van der Waals surface area contributed by atoms with Crippen molar-refractivity contribution in [2.24, 2.45) is 0 Å². The molecule has 0 saturated carbocycles. The smallest absolute Gasteiger partial charge is 0.325 e. The molecule has 0 heterocycles. The lowest BCUT2D eigenvalue weighted by Crippen LogP contribution is -2.44. The van der Waals surface area contributed by atoms with Crippen molar-refractivity contribution in [3.8, 4) is 0 Å². The van der Waals surface area contributed by atoms with Crippen LogP contribution in [0.4, 0.5) is 4.79 Å². The highest BCUT2D eigenvalue weighted by molar-refractivity contribution is 5.82. The summed E-state index contributed by atoms with van der Waals surface area (Å²) in [5, 5.41) is 13.4. The fourth-order valence-electron chi connectivity index (χ4n) is 0.886.